The quantitative estimate of drug-likeness (QED) is 0.456. The van der Waals surface area contributed by atoms with Gasteiger partial charge in [-0.2, -0.15) is 4.31 Å². The zero-order chi connectivity index (χ0) is 24.5. The van der Waals surface area contributed by atoms with E-state index in [1.165, 1.54) is 23.5 Å². The average molecular weight is 521 g/mol. The highest BCUT2D eigenvalue weighted by Gasteiger charge is 2.29. The first-order chi connectivity index (χ1) is 16.1. The Balaban J connectivity index is 1.60. The van der Waals surface area contributed by atoms with Crippen LogP contribution in [0.15, 0.2) is 47.4 Å². The van der Waals surface area contributed by atoms with Crippen LogP contribution in [0.1, 0.15) is 30.1 Å². The van der Waals surface area contributed by atoms with Crippen LogP contribution in [0.5, 0.6) is 0 Å². The molecule has 34 heavy (non-hydrogen) atoms. The summed E-state index contributed by atoms with van der Waals surface area (Å²) in [4.78, 5) is 22.0. The number of fused-ring (bicyclic) bond motifs is 1. The molecule has 1 amide bonds. The first kappa shape index (κ1) is 25.1. The van der Waals surface area contributed by atoms with Gasteiger partial charge in [-0.05, 0) is 75.3 Å². The van der Waals surface area contributed by atoms with Gasteiger partial charge in [0.2, 0.25) is 10.0 Å². The van der Waals surface area contributed by atoms with Gasteiger partial charge in [0, 0.05) is 36.8 Å². The Labute approximate surface area is 210 Å². The highest BCUT2D eigenvalue weighted by atomic mass is 35.5. The molecule has 7 nitrogen and oxygen atoms in total. The predicted molar refractivity (Wildman–Crippen MR) is 138 cm³/mol. The molecule has 0 saturated carbocycles. The molecule has 2 heterocycles. The normalized spacial score (nSPS) is 17.4. The van der Waals surface area contributed by atoms with Crippen LogP contribution >= 0.6 is 22.9 Å². The molecule has 182 valence electrons. The lowest BCUT2D eigenvalue weighted by molar-refractivity contribution is 0.0985. The van der Waals surface area contributed by atoms with E-state index in [0.29, 0.717) is 47.8 Å². The minimum absolute atomic E-state index is 0.215. The van der Waals surface area contributed by atoms with Gasteiger partial charge in [-0.25, -0.2) is 13.4 Å². The molecule has 0 bridgehead atoms. The highest BCUT2D eigenvalue weighted by molar-refractivity contribution is 7.89. The fourth-order valence-corrected chi connectivity index (χ4v) is 6.89. The van der Waals surface area contributed by atoms with Crippen LogP contribution in [0, 0.1) is 5.92 Å². The zero-order valence-corrected chi connectivity index (χ0v) is 22.0. The Kier molecular flexibility index (Phi) is 7.59. The maximum absolute atomic E-state index is 13.5. The molecule has 0 radical (unpaired) electrons. The van der Waals surface area contributed by atoms with Crippen molar-refractivity contribution in [2.45, 2.75) is 24.7 Å². The first-order valence-corrected chi connectivity index (χ1v) is 13.9. The van der Waals surface area contributed by atoms with Crippen molar-refractivity contribution in [3.8, 4) is 0 Å². The number of benzene rings is 2. The molecule has 4 rings (SSSR count). The molecule has 1 aliphatic heterocycles. The monoisotopic (exact) mass is 520 g/mol. The third kappa shape index (κ3) is 5.44. The van der Waals surface area contributed by atoms with Crippen LogP contribution in [0.2, 0.25) is 5.02 Å². The second kappa shape index (κ2) is 10.3. The molecule has 3 aromatic rings. The molecule has 1 atom stereocenters. The number of hydrogen-bond donors (Lipinski definition) is 0. The van der Waals surface area contributed by atoms with Gasteiger partial charge in [-0.3, -0.25) is 9.69 Å². The van der Waals surface area contributed by atoms with E-state index in [4.69, 9.17) is 11.6 Å². The number of rotatable bonds is 7. The lowest BCUT2D eigenvalue weighted by atomic mass is 10.0. The van der Waals surface area contributed by atoms with Crippen molar-refractivity contribution < 1.29 is 13.2 Å². The molecular formula is C24H29ClN4O3S2. The largest absolute Gasteiger partial charge is 0.308 e. The number of piperidine rings is 1. The van der Waals surface area contributed by atoms with E-state index >= 15 is 0 Å². The van der Waals surface area contributed by atoms with Crippen molar-refractivity contribution in [1.82, 2.24) is 14.2 Å². The van der Waals surface area contributed by atoms with E-state index in [9.17, 15) is 13.2 Å². The van der Waals surface area contributed by atoms with Gasteiger partial charge in [0.05, 0.1) is 15.1 Å². The number of thiazole rings is 1. The number of aromatic nitrogens is 1. The Hall–Kier alpha value is -2.04. The Morgan fingerprint density at radius 3 is 2.59 bits per heavy atom. The van der Waals surface area contributed by atoms with E-state index < -0.39 is 10.0 Å². The molecule has 10 heteroatoms. The van der Waals surface area contributed by atoms with Crippen molar-refractivity contribution in [3.63, 3.8) is 0 Å². The second-order valence-corrected chi connectivity index (χ2v) is 12.4. The SMILES string of the molecule is CC1CCCN(S(=O)(=O)c2ccc(C(=O)N(CCN(C)C)c3nc4ccc(Cl)cc4s3)cc2)C1. The van der Waals surface area contributed by atoms with Crippen LogP contribution < -0.4 is 4.90 Å². The lowest BCUT2D eigenvalue weighted by Crippen LogP contribution is -2.39. The van der Waals surface area contributed by atoms with Crippen molar-refractivity contribution in [1.29, 1.82) is 0 Å². The molecule has 1 saturated heterocycles. The first-order valence-electron chi connectivity index (χ1n) is 11.3. The van der Waals surface area contributed by atoms with Gasteiger partial charge in [-0.15, -0.1) is 0 Å². The third-order valence-corrected chi connectivity index (χ3v) is 9.10. The molecule has 0 N–H and O–H groups in total. The molecular weight excluding hydrogens is 492 g/mol. The van der Waals surface area contributed by atoms with Crippen molar-refractivity contribution in [2.75, 3.05) is 45.2 Å². The summed E-state index contributed by atoms with van der Waals surface area (Å²) in [5.74, 6) is 0.126. The fourth-order valence-electron chi connectivity index (χ4n) is 4.02. The number of carbonyl (C=O) groups is 1. The van der Waals surface area contributed by atoms with Crippen LogP contribution in [0.25, 0.3) is 10.2 Å². The van der Waals surface area contributed by atoms with Gasteiger partial charge in [0.15, 0.2) is 5.13 Å². The summed E-state index contributed by atoms with van der Waals surface area (Å²) in [5.41, 5.74) is 1.20. The van der Waals surface area contributed by atoms with Gasteiger partial charge >= 0.3 is 0 Å². The number of sulfonamides is 1. The number of nitrogens with zero attached hydrogens (tertiary/aromatic N) is 4. The number of amides is 1. The maximum atomic E-state index is 13.5. The number of carbonyl (C=O) groups excluding carboxylic acids is 1. The number of halogens is 1. The minimum atomic E-state index is -3.57. The molecule has 1 aromatic heterocycles. The van der Waals surface area contributed by atoms with Crippen LogP contribution in [-0.2, 0) is 10.0 Å². The third-order valence-electron chi connectivity index (χ3n) is 5.94. The highest BCUT2D eigenvalue weighted by Crippen LogP contribution is 2.32. The Bertz CT molecular complexity index is 1280. The lowest BCUT2D eigenvalue weighted by Gasteiger charge is -2.30. The van der Waals surface area contributed by atoms with E-state index in [2.05, 4.69) is 11.9 Å². The smallest absolute Gasteiger partial charge is 0.260 e. The summed E-state index contributed by atoms with van der Waals surface area (Å²) in [6.45, 7) is 4.24. The van der Waals surface area contributed by atoms with Gasteiger partial charge in [0.25, 0.3) is 5.91 Å². The maximum Gasteiger partial charge on any atom is 0.260 e. The minimum Gasteiger partial charge on any atom is -0.308 e. The number of anilines is 1. The summed E-state index contributed by atoms with van der Waals surface area (Å²) >= 11 is 7.53. The van der Waals surface area contributed by atoms with Crippen LogP contribution in [0.3, 0.4) is 0 Å². The average Bonchev–Trinajstić information content (AvgIpc) is 3.21. The number of hydrogen-bond acceptors (Lipinski definition) is 6. The van der Waals surface area contributed by atoms with Crippen LogP contribution in [-0.4, -0.2) is 68.8 Å². The molecule has 0 aliphatic carbocycles. The summed E-state index contributed by atoms with van der Waals surface area (Å²) in [7, 11) is 0.319. The predicted octanol–water partition coefficient (Wildman–Crippen LogP) is 4.58. The van der Waals surface area contributed by atoms with Crippen molar-refractivity contribution in [3.05, 3.63) is 53.1 Å². The van der Waals surface area contributed by atoms with Gasteiger partial charge < -0.3 is 4.90 Å². The van der Waals surface area contributed by atoms with Crippen molar-refractivity contribution >= 4 is 54.2 Å². The number of likely N-dealkylation sites (N-methyl/N-ethyl adjacent to an activating group) is 1. The zero-order valence-electron chi connectivity index (χ0n) is 19.6. The summed E-state index contributed by atoms with van der Waals surface area (Å²) in [6.07, 6.45) is 1.91. The standard InChI is InChI=1S/C24H29ClN4O3S2/c1-17-5-4-12-28(16-17)34(31,32)20-9-6-18(7-10-20)23(30)29(14-13-27(2)3)24-26-21-11-8-19(25)15-22(21)33-24/h6-11,15,17H,4-5,12-14,16H2,1-3H3. The van der Waals surface area contributed by atoms with E-state index in [1.807, 2.05) is 31.1 Å². The van der Waals surface area contributed by atoms with Crippen LogP contribution in [0.4, 0.5) is 5.13 Å². The summed E-state index contributed by atoms with van der Waals surface area (Å²) < 4.78 is 28.6. The summed E-state index contributed by atoms with van der Waals surface area (Å²) in [6, 6.07) is 11.7. The fraction of sp³-hybridized carbons (Fsp3) is 0.417. The second-order valence-electron chi connectivity index (χ2n) is 9.00. The Morgan fingerprint density at radius 1 is 1.18 bits per heavy atom. The Morgan fingerprint density at radius 2 is 1.91 bits per heavy atom. The van der Waals surface area contributed by atoms with E-state index in [-0.39, 0.29) is 10.8 Å². The topological polar surface area (TPSA) is 73.8 Å². The van der Waals surface area contributed by atoms with Gasteiger partial charge in [0.1, 0.15) is 0 Å². The van der Waals surface area contributed by atoms with Crippen molar-refractivity contribution in [2.24, 2.45) is 5.92 Å². The van der Waals surface area contributed by atoms with E-state index in [0.717, 1.165) is 23.1 Å². The molecule has 2 aromatic carbocycles. The summed E-state index contributed by atoms with van der Waals surface area (Å²) in [5, 5.41) is 1.21. The van der Waals surface area contributed by atoms with Gasteiger partial charge in [-0.1, -0.05) is 29.9 Å². The molecule has 1 aliphatic rings. The molecule has 0 spiro atoms. The molecule has 1 unspecified atom stereocenters. The van der Waals surface area contributed by atoms with E-state index in [1.54, 1.807) is 27.4 Å². The molecule has 1 fully saturated rings.